The van der Waals surface area contributed by atoms with Crippen molar-refractivity contribution in [2.24, 2.45) is 5.73 Å². The lowest BCUT2D eigenvalue weighted by atomic mass is 9.60. The van der Waals surface area contributed by atoms with E-state index in [4.69, 9.17) is 15.2 Å². The number of alkyl halides is 3. The van der Waals surface area contributed by atoms with Crippen molar-refractivity contribution in [3.63, 3.8) is 0 Å². The molecule has 0 bridgehead atoms. The Morgan fingerprint density at radius 2 is 1.80 bits per heavy atom. The third kappa shape index (κ3) is 2.43. The summed E-state index contributed by atoms with van der Waals surface area (Å²) in [6, 6.07) is 5.32. The largest absolute Gasteiger partial charge is 0.416 e. The molecule has 1 aliphatic rings. The molecule has 0 saturated heterocycles. The molecule has 0 atom stereocenters. The third-order valence-electron chi connectivity index (χ3n) is 4.15. The van der Waals surface area contributed by atoms with Crippen LogP contribution in [0.3, 0.4) is 0 Å². The summed E-state index contributed by atoms with van der Waals surface area (Å²) in [6.07, 6.45) is -3.45. The van der Waals surface area contributed by atoms with Gasteiger partial charge in [-0.3, -0.25) is 0 Å². The summed E-state index contributed by atoms with van der Waals surface area (Å²) < 4.78 is 49.0. The highest BCUT2D eigenvalue weighted by atomic mass is 19.4. The number of methoxy groups -OCH3 is 2. The van der Waals surface area contributed by atoms with Crippen LogP contribution in [0.2, 0.25) is 0 Å². The second kappa shape index (κ2) is 5.02. The number of ether oxygens (including phenoxy) is 2. The first-order valence-electron chi connectivity index (χ1n) is 6.29. The molecule has 2 rings (SSSR count). The first-order chi connectivity index (χ1) is 9.31. The number of benzene rings is 1. The summed E-state index contributed by atoms with van der Waals surface area (Å²) in [5.41, 5.74) is 5.20. The van der Waals surface area contributed by atoms with E-state index >= 15 is 0 Å². The lowest BCUT2D eigenvalue weighted by molar-refractivity contribution is -0.277. The first-order valence-corrected chi connectivity index (χ1v) is 6.29. The number of hydrogen-bond donors (Lipinski definition) is 1. The monoisotopic (exact) mass is 289 g/mol. The predicted octanol–water partition coefficient (Wildman–Crippen LogP) is 2.68. The number of rotatable bonds is 4. The van der Waals surface area contributed by atoms with E-state index in [1.54, 1.807) is 6.07 Å². The van der Waals surface area contributed by atoms with Crippen LogP contribution in [-0.2, 0) is 21.1 Å². The van der Waals surface area contributed by atoms with E-state index in [1.807, 2.05) is 0 Å². The van der Waals surface area contributed by atoms with E-state index in [9.17, 15) is 13.2 Å². The van der Waals surface area contributed by atoms with Gasteiger partial charge in [-0.2, -0.15) is 13.2 Å². The molecular weight excluding hydrogens is 271 g/mol. The highest BCUT2D eigenvalue weighted by molar-refractivity contribution is 5.35. The average Bonchev–Trinajstić information content (AvgIpc) is 2.39. The van der Waals surface area contributed by atoms with Gasteiger partial charge in [-0.25, -0.2) is 0 Å². The Bertz CT molecular complexity index is 476. The topological polar surface area (TPSA) is 44.5 Å². The van der Waals surface area contributed by atoms with Crippen molar-refractivity contribution >= 4 is 0 Å². The Hall–Kier alpha value is -1.11. The van der Waals surface area contributed by atoms with E-state index in [2.05, 4.69) is 0 Å². The molecule has 3 nitrogen and oxygen atoms in total. The molecule has 1 fully saturated rings. The van der Waals surface area contributed by atoms with Crippen LogP contribution in [0.4, 0.5) is 13.2 Å². The zero-order chi connectivity index (χ0) is 15.0. The van der Waals surface area contributed by atoms with Gasteiger partial charge in [0.2, 0.25) is 0 Å². The van der Waals surface area contributed by atoms with Crippen LogP contribution < -0.4 is 5.73 Å². The second-order valence-electron chi connectivity index (χ2n) is 5.24. The van der Waals surface area contributed by atoms with Gasteiger partial charge in [-0.1, -0.05) is 18.2 Å². The van der Waals surface area contributed by atoms with Gasteiger partial charge in [-0.05, 0) is 11.6 Å². The third-order valence-corrected chi connectivity index (χ3v) is 4.15. The molecule has 0 amide bonds. The van der Waals surface area contributed by atoms with Crippen LogP contribution in [-0.4, -0.2) is 26.6 Å². The van der Waals surface area contributed by atoms with E-state index in [0.717, 1.165) is 6.07 Å². The molecule has 0 aromatic heterocycles. The quantitative estimate of drug-likeness (QED) is 0.867. The molecule has 112 valence electrons. The van der Waals surface area contributed by atoms with Crippen LogP contribution in [0.1, 0.15) is 24.0 Å². The molecule has 0 radical (unpaired) electrons. The van der Waals surface area contributed by atoms with Gasteiger partial charge in [0.05, 0.1) is 5.56 Å². The van der Waals surface area contributed by atoms with Gasteiger partial charge in [0.15, 0.2) is 5.79 Å². The average molecular weight is 289 g/mol. The smallest absolute Gasteiger partial charge is 0.353 e. The van der Waals surface area contributed by atoms with Crippen LogP contribution in [0.15, 0.2) is 24.3 Å². The Labute approximate surface area is 115 Å². The zero-order valence-corrected chi connectivity index (χ0v) is 11.5. The molecular formula is C14H18F3NO2. The van der Waals surface area contributed by atoms with E-state index < -0.39 is 22.9 Å². The van der Waals surface area contributed by atoms with Crippen molar-refractivity contribution < 1.29 is 22.6 Å². The molecule has 2 N–H and O–H groups in total. The summed E-state index contributed by atoms with van der Waals surface area (Å²) in [5.74, 6) is -0.742. The minimum Gasteiger partial charge on any atom is -0.353 e. The maximum absolute atomic E-state index is 12.8. The summed E-state index contributed by atoms with van der Waals surface area (Å²) in [5, 5.41) is 0. The fourth-order valence-electron chi connectivity index (χ4n) is 2.84. The first kappa shape index (κ1) is 15.3. The Morgan fingerprint density at radius 1 is 1.20 bits per heavy atom. The Balaban J connectivity index is 2.31. The SMILES string of the molecule is COC1(OC)CC(CN)(c2cccc(C(F)(F)F)c2)C1. The van der Waals surface area contributed by atoms with E-state index in [1.165, 1.54) is 26.4 Å². The van der Waals surface area contributed by atoms with Crippen LogP contribution in [0.25, 0.3) is 0 Å². The number of nitrogens with two attached hydrogens (primary N) is 1. The molecule has 1 aromatic carbocycles. The molecule has 1 aliphatic carbocycles. The van der Waals surface area contributed by atoms with Gasteiger partial charge in [0.25, 0.3) is 0 Å². The summed E-state index contributed by atoms with van der Waals surface area (Å²) >= 11 is 0. The van der Waals surface area contributed by atoms with Crippen molar-refractivity contribution in [1.82, 2.24) is 0 Å². The normalized spacial score (nSPS) is 20.5. The Kier molecular flexibility index (Phi) is 3.83. The van der Waals surface area contributed by atoms with Crippen molar-refractivity contribution in [3.8, 4) is 0 Å². The van der Waals surface area contributed by atoms with Crippen LogP contribution >= 0.6 is 0 Å². The highest BCUT2D eigenvalue weighted by Crippen LogP contribution is 2.52. The minimum absolute atomic E-state index is 0.253. The molecule has 0 unspecified atom stereocenters. The van der Waals surface area contributed by atoms with Crippen LogP contribution in [0.5, 0.6) is 0 Å². The van der Waals surface area contributed by atoms with Crippen molar-refractivity contribution in [2.45, 2.75) is 30.2 Å². The van der Waals surface area contributed by atoms with Crippen molar-refractivity contribution in [3.05, 3.63) is 35.4 Å². The summed E-state index contributed by atoms with van der Waals surface area (Å²) in [6.45, 7) is 0.253. The Morgan fingerprint density at radius 3 is 2.25 bits per heavy atom. The van der Waals surface area contributed by atoms with Gasteiger partial charge in [0.1, 0.15) is 0 Å². The lowest BCUT2D eigenvalue weighted by Gasteiger charge is -2.54. The summed E-state index contributed by atoms with van der Waals surface area (Å²) in [7, 11) is 3.05. The van der Waals surface area contributed by atoms with Crippen LogP contribution in [0, 0.1) is 0 Å². The molecule has 1 saturated carbocycles. The maximum atomic E-state index is 12.8. The van der Waals surface area contributed by atoms with Crippen molar-refractivity contribution in [1.29, 1.82) is 0 Å². The highest BCUT2D eigenvalue weighted by Gasteiger charge is 2.56. The van der Waals surface area contributed by atoms with E-state index in [-0.39, 0.29) is 6.54 Å². The molecule has 0 spiro atoms. The van der Waals surface area contributed by atoms with Gasteiger partial charge < -0.3 is 15.2 Å². The molecule has 20 heavy (non-hydrogen) atoms. The predicted molar refractivity (Wildman–Crippen MR) is 68.2 cm³/mol. The standard InChI is InChI=1S/C14H18F3NO2/c1-19-13(20-2)7-12(8-13,9-18)10-4-3-5-11(6-10)14(15,16)17/h3-6H,7-9,18H2,1-2H3. The molecule has 0 aliphatic heterocycles. The molecule has 1 aromatic rings. The molecule has 0 heterocycles. The lowest BCUT2D eigenvalue weighted by Crippen LogP contribution is -2.60. The second-order valence-corrected chi connectivity index (χ2v) is 5.24. The summed E-state index contributed by atoms with van der Waals surface area (Å²) in [4.78, 5) is 0. The number of halogens is 3. The van der Waals surface area contributed by atoms with E-state index in [0.29, 0.717) is 18.4 Å². The minimum atomic E-state index is -4.35. The van der Waals surface area contributed by atoms with Gasteiger partial charge in [-0.15, -0.1) is 0 Å². The maximum Gasteiger partial charge on any atom is 0.416 e. The fraction of sp³-hybridized carbons (Fsp3) is 0.571. The zero-order valence-electron chi connectivity index (χ0n) is 11.5. The van der Waals surface area contributed by atoms with Crippen molar-refractivity contribution in [2.75, 3.05) is 20.8 Å². The fourth-order valence-corrected chi connectivity index (χ4v) is 2.84. The molecule has 6 heteroatoms. The van der Waals surface area contributed by atoms with Gasteiger partial charge in [0, 0.05) is 39.0 Å². The van der Waals surface area contributed by atoms with Gasteiger partial charge >= 0.3 is 6.18 Å². The number of hydrogen-bond acceptors (Lipinski definition) is 3.